The van der Waals surface area contributed by atoms with E-state index in [0.29, 0.717) is 42.3 Å². The molecule has 5 rings (SSSR count). The van der Waals surface area contributed by atoms with Crippen molar-refractivity contribution in [2.75, 3.05) is 9.62 Å². The van der Waals surface area contributed by atoms with Crippen LogP contribution in [0.3, 0.4) is 0 Å². The van der Waals surface area contributed by atoms with Gasteiger partial charge < -0.3 is 14.8 Å². The second kappa shape index (κ2) is 13.8. The molecule has 1 saturated carbocycles. The number of rotatable bonds is 7. The van der Waals surface area contributed by atoms with E-state index >= 15 is 0 Å². The van der Waals surface area contributed by atoms with E-state index in [4.69, 9.17) is 26.1 Å². The fraction of sp³-hybridized carbons (Fsp3) is 0.441. The van der Waals surface area contributed by atoms with Crippen LogP contribution in [0.2, 0.25) is 5.02 Å². The average molecular weight is 712 g/mol. The third-order valence-electron chi connectivity index (χ3n) is 7.70. The Morgan fingerprint density at radius 2 is 1.63 bits per heavy atom. The number of carbonyl (C=O) groups is 2. The molecule has 4 aromatic rings. The Morgan fingerprint density at radius 1 is 0.959 bits per heavy atom. The lowest BCUT2D eigenvalue weighted by atomic mass is 9.90. The Morgan fingerprint density at radius 3 is 2.29 bits per heavy atom. The van der Waals surface area contributed by atoms with Crippen LogP contribution in [0.5, 0.6) is 0 Å². The number of carbonyl (C=O) groups excluding carboxylic acids is 2. The first-order chi connectivity index (χ1) is 22.9. The molecule has 0 atom stereocenters. The highest BCUT2D eigenvalue weighted by atomic mass is 35.5. The van der Waals surface area contributed by atoms with Gasteiger partial charge in [0, 0.05) is 42.3 Å². The summed E-state index contributed by atoms with van der Waals surface area (Å²) in [6.07, 6.45) is 3.12. The summed E-state index contributed by atoms with van der Waals surface area (Å²) in [5.74, 6) is 0.350. The Bertz CT molecular complexity index is 1960. The van der Waals surface area contributed by atoms with Crippen molar-refractivity contribution in [3.05, 3.63) is 59.8 Å². The minimum absolute atomic E-state index is 0.0477. The van der Waals surface area contributed by atoms with Gasteiger partial charge >= 0.3 is 12.2 Å². The molecule has 2 amide bonds. The molecule has 0 bridgehead atoms. The molecule has 0 saturated heterocycles. The monoisotopic (exact) mass is 711 g/mol. The Labute approximate surface area is 291 Å². The molecule has 0 aliphatic heterocycles. The second-order valence-corrected chi connectivity index (χ2v) is 16.1. The molecule has 2 N–H and O–H groups in total. The van der Waals surface area contributed by atoms with Crippen molar-refractivity contribution in [2.45, 2.75) is 95.4 Å². The van der Waals surface area contributed by atoms with E-state index in [-0.39, 0.29) is 33.8 Å². The van der Waals surface area contributed by atoms with Crippen molar-refractivity contribution in [2.24, 2.45) is 7.05 Å². The van der Waals surface area contributed by atoms with Crippen molar-refractivity contribution >= 4 is 56.5 Å². The van der Waals surface area contributed by atoms with Crippen LogP contribution < -0.4 is 14.9 Å². The number of fused-ring (bicyclic) bond motifs is 1. The number of alkyl carbamates (subject to hydrolysis) is 1. The van der Waals surface area contributed by atoms with Crippen LogP contribution in [0.4, 0.5) is 21.4 Å². The standard InChI is InChI=1S/C34H42ClN7O6S/c1-33(2,3)47-31(43)37-23-13-15-24(16-14-23)42(32(44)48-34(4,5)6)30-36-20-22-18-21(12-17-26(22)38-30)27-19-29(39-41(27)7)40-49(45,46)28-11-9-8-10-25(28)35/h8-12,17-20,23-24H,13-16H2,1-7H3,(H,37,43)(H,39,40)/t23-,24-. The SMILES string of the molecule is Cn1nc(NS(=O)(=O)c2ccccc2Cl)cc1-c1ccc2nc(N(C(=O)OC(C)(C)C)[C@H]3CC[C@H](NC(=O)OC(C)(C)C)CC3)ncc2c1. The predicted octanol–water partition coefficient (Wildman–Crippen LogP) is 7.06. The van der Waals surface area contributed by atoms with Gasteiger partial charge in [-0.3, -0.25) is 9.40 Å². The van der Waals surface area contributed by atoms with Gasteiger partial charge in [0.05, 0.1) is 16.2 Å². The van der Waals surface area contributed by atoms with Gasteiger partial charge in [0.25, 0.3) is 10.0 Å². The molecule has 0 radical (unpaired) electrons. The number of aryl methyl sites for hydroxylation is 1. The zero-order valence-corrected chi connectivity index (χ0v) is 30.2. The summed E-state index contributed by atoms with van der Waals surface area (Å²) >= 11 is 6.12. The maximum atomic E-state index is 13.6. The fourth-order valence-corrected chi connectivity index (χ4v) is 7.11. The van der Waals surface area contributed by atoms with Crippen molar-refractivity contribution in [3.8, 4) is 11.3 Å². The Kier molecular flexibility index (Phi) is 10.1. The summed E-state index contributed by atoms with van der Waals surface area (Å²) < 4.78 is 41.2. The number of hydrogen-bond donors (Lipinski definition) is 2. The number of benzene rings is 2. The molecule has 0 unspecified atom stereocenters. The first-order valence-electron chi connectivity index (χ1n) is 16.0. The largest absolute Gasteiger partial charge is 0.444 e. The zero-order valence-electron chi connectivity index (χ0n) is 28.7. The van der Waals surface area contributed by atoms with E-state index in [1.807, 2.05) is 39.0 Å². The Balaban J connectivity index is 1.36. The lowest BCUT2D eigenvalue weighted by molar-refractivity contribution is 0.0474. The van der Waals surface area contributed by atoms with Crippen LogP contribution in [0, 0.1) is 0 Å². The van der Waals surface area contributed by atoms with E-state index in [1.165, 1.54) is 17.0 Å². The normalized spacial score (nSPS) is 17.0. The second-order valence-electron chi connectivity index (χ2n) is 14.0. The molecular weight excluding hydrogens is 670 g/mol. The summed E-state index contributed by atoms with van der Waals surface area (Å²) in [7, 11) is -2.25. The first-order valence-corrected chi connectivity index (χ1v) is 17.8. The fourth-order valence-electron chi connectivity index (χ4n) is 5.60. The number of hydrogen-bond acceptors (Lipinski definition) is 9. The summed E-state index contributed by atoms with van der Waals surface area (Å²) in [5.41, 5.74) is 0.670. The van der Waals surface area contributed by atoms with E-state index in [9.17, 15) is 18.0 Å². The Hall–Kier alpha value is -4.43. The number of nitrogens with one attached hydrogen (secondary N) is 2. The quantitative estimate of drug-likeness (QED) is 0.205. The molecule has 1 aliphatic rings. The van der Waals surface area contributed by atoms with E-state index in [1.54, 1.807) is 56.9 Å². The summed E-state index contributed by atoms with van der Waals surface area (Å²) in [5, 5.41) is 8.09. The van der Waals surface area contributed by atoms with Gasteiger partial charge in [0.2, 0.25) is 5.95 Å². The van der Waals surface area contributed by atoms with Gasteiger partial charge in [-0.2, -0.15) is 5.10 Å². The highest BCUT2D eigenvalue weighted by Crippen LogP contribution is 2.31. The van der Waals surface area contributed by atoms with Crippen LogP contribution in [-0.4, -0.2) is 63.6 Å². The first kappa shape index (κ1) is 35.9. The molecule has 2 heterocycles. The predicted molar refractivity (Wildman–Crippen MR) is 188 cm³/mol. The van der Waals surface area contributed by atoms with Gasteiger partial charge in [0.15, 0.2) is 5.82 Å². The van der Waals surface area contributed by atoms with Crippen molar-refractivity contribution in [1.29, 1.82) is 0 Å². The summed E-state index contributed by atoms with van der Waals surface area (Å²) in [6, 6.07) is 13.0. The maximum Gasteiger partial charge on any atom is 0.417 e. The van der Waals surface area contributed by atoms with Gasteiger partial charge in [-0.1, -0.05) is 29.8 Å². The molecule has 13 nitrogen and oxygen atoms in total. The van der Waals surface area contributed by atoms with Gasteiger partial charge in [-0.25, -0.2) is 32.9 Å². The number of aromatic nitrogens is 4. The van der Waals surface area contributed by atoms with Crippen LogP contribution in [0.1, 0.15) is 67.2 Å². The molecule has 2 aromatic carbocycles. The molecular formula is C34H42ClN7O6S. The number of halogens is 1. The third kappa shape index (κ3) is 8.98. The average Bonchev–Trinajstić information content (AvgIpc) is 3.35. The number of ether oxygens (including phenoxy) is 2. The highest BCUT2D eigenvalue weighted by Gasteiger charge is 2.35. The minimum Gasteiger partial charge on any atom is -0.444 e. The topological polar surface area (TPSA) is 158 Å². The van der Waals surface area contributed by atoms with Crippen LogP contribution >= 0.6 is 11.6 Å². The molecule has 262 valence electrons. The number of anilines is 2. The van der Waals surface area contributed by atoms with Crippen molar-refractivity contribution in [1.82, 2.24) is 25.1 Å². The van der Waals surface area contributed by atoms with Gasteiger partial charge in [0.1, 0.15) is 16.1 Å². The summed E-state index contributed by atoms with van der Waals surface area (Å²) in [6.45, 7) is 10.9. The smallest absolute Gasteiger partial charge is 0.417 e. The van der Waals surface area contributed by atoms with Crippen molar-refractivity contribution in [3.63, 3.8) is 0 Å². The zero-order chi connectivity index (χ0) is 35.7. The van der Waals surface area contributed by atoms with Crippen LogP contribution in [0.25, 0.3) is 22.2 Å². The molecule has 1 fully saturated rings. The number of nitrogens with zero attached hydrogens (tertiary/aromatic N) is 5. The summed E-state index contributed by atoms with van der Waals surface area (Å²) in [4.78, 5) is 36.7. The van der Waals surface area contributed by atoms with E-state index in [0.717, 1.165) is 5.56 Å². The number of amides is 2. The lowest BCUT2D eigenvalue weighted by Crippen LogP contribution is -2.49. The molecule has 2 aromatic heterocycles. The van der Waals surface area contributed by atoms with Crippen molar-refractivity contribution < 1.29 is 27.5 Å². The molecule has 49 heavy (non-hydrogen) atoms. The van der Waals surface area contributed by atoms with Gasteiger partial charge in [-0.15, -0.1) is 0 Å². The molecule has 0 spiro atoms. The highest BCUT2D eigenvalue weighted by molar-refractivity contribution is 7.92. The van der Waals surface area contributed by atoms with Crippen LogP contribution in [-0.2, 0) is 26.5 Å². The van der Waals surface area contributed by atoms with E-state index in [2.05, 4.69) is 20.1 Å². The van der Waals surface area contributed by atoms with Crippen LogP contribution in [0.15, 0.2) is 59.6 Å². The van der Waals surface area contributed by atoms with Gasteiger partial charge in [-0.05, 0) is 91.5 Å². The number of sulfonamides is 1. The minimum atomic E-state index is -3.96. The third-order valence-corrected chi connectivity index (χ3v) is 9.55. The maximum absolute atomic E-state index is 13.6. The lowest BCUT2D eigenvalue weighted by Gasteiger charge is -2.36. The molecule has 1 aliphatic carbocycles. The van der Waals surface area contributed by atoms with E-state index < -0.39 is 33.4 Å². The molecule has 15 heteroatoms.